The third-order valence-corrected chi connectivity index (χ3v) is 8.68. The van der Waals surface area contributed by atoms with E-state index in [1.54, 1.807) is 0 Å². The van der Waals surface area contributed by atoms with Crippen molar-refractivity contribution in [2.45, 2.75) is 33.7 Å². The molecule has 0 saturated heterocycles. The first kappa shape index (κ1) is 23.8. The van der Waals surface area contributed by atoms with Gasteiger partial charge in [0.2, 0.25) is 0 Å². The highest BCUT2D eigenvalue weighted by molar-refractivity contribution is 7.30. The van der Waals surface area contributed by atoms with Crippen LogP contribution < -0.4 is 0 Å². The van der Waals surface area contributed by atoms with Gasteiger partial charge in [0.15, 0.2) is 0 Å². The van der Waals surface area contributed by atoms with E-state index in [0.29, 0.717) is 11.1 Å². The lowest BCUT2D eigenvalue weighted by molar-refractivity contribution is 0.725. The molecule has 3 nitrogen and oxygen atoms in total. The molecule has 0 aliphatic carbocycles. The van der Waals surface area contributed by atoms with Gasteiger partial charge in [0.25, 0.3) is 0 Å². The van der Waals surface area contributed by atoms with E-state index >= 15 is 0 Å². The summed E-state index contributed by atoms with van der Waals surface area (Å²) in [5.74, 6) is 0. The maximum Gasteiger partial charge on any atom is 0.0944 e. The van der Waals surface area contributed by atoms with Crippen LogP contribution in [0.15, 0.2) is 71.8 Å². The quantitative estimate of drug-likeness (QED) is 0.217. The number of benzene rings is 2. The maximum absolute atomic E-state index is 9.04. The zero-order valence-corrected chi connectivity index (χ0v) is 22.1. The SMILES string of the molecule is CCCn1c2cc(-c3ccc(C=C(C)C#N)cc3)sc2c2sc(-c3ccc(C=C(C)C#N)cc3)cc21. The van der Waals surface area contributed by atoms with Crippen LogP contribution in [0.25, 0.3) is 53.5 Å². The fourth-order valence-electron chi connectivity index (χ4n) is 4.42. The van der Waals surface area contributed by atoms with E-state index in [0.717, 1.165) is 24.1 Å². The van der Waals surface area contributed by atoms with Crippen LogP contribution in [0.5, 0.6) is 0 Å². The highest BCUT2D eigenvalue weighted by Crippen LogP contribution is 2.45. The van der Waals surface area contributed by atoms with Crippen LogP contribution in [0, 0.1) is 22.7 Å². The van der Waals surface area contributed by atoms with Gasteiger partial charge in [0.1, 0.15) is 0 Å². The Morgan fingerprint density at radius 1 is 0.750 bits per heavy atom. The van der Waals surface area contributed by atoms with Crippen molar-refractivity contribution >= 4 is 55.3 Å². The van der Waals surface area contributed by atoms with Gasteiger partial charge < -0.3 is 4.57 Å². The molecule has 0 saturated carbocycles. The summed E-state index contributed by atoms with van der Waals surface area (Å²) in [7, 11) is 0. The number of fused-ring (bicyclic) bond motifs is 3. The number of aromatic nitrogens is 1. The minimum Gasteiger partial charge on any atom is -0.339 e. The summed E-state index contributed by atoms with van der Waals surface area (Å²) < 4.78 is 5.15. The van der Waals surface area contributed by atoms with Crippen molar-refractivity contribution < 1.29 is 0 Å². The molecular formula is C31H25N3S2. The minimum absolute atomic E-state index is 0.706. The minimum atomic E-state index is 0.706. The number of nitriles is 2. The first-order valence-electron chi connectivity index (χ1n) is 11.9. The number of allylic oxidation sites excluding steroid dienone is 2. The van der Waals surface area contributed by atoms with Gasteiger partial charge in [0, 0.05) is 27.4 Å². The Morgan fingerprint density at radius 3 is 1.53 bits per heavy atom. The van der Waals surface area contributed by atoms with Gasteiger partial charge in [-0.05, 0) is 66.8 Å². The number of rotatable bonds is 6. The van der Waals surface area contributed by atoms with Crippen LogP contribution in [0.2, 0.25) is 0 Å². The van der Waals surface area contributed by atoms with Crippen molar-refractivity contribution in [2.24, 2.45) is 0 Å². The molecule has 0 bridgehead atoms. The Bertz CT molecular complexity index is 1580. The average Bonchev–Trinajstić information content (AvgIpc) is 3.58. The van der Waals surface area contributed by atoms with Gasteiger partial charge in [-0.2, -0.15) is 10.5 Å². The molecule has 0 atom stereocenters. The Labute approximate surface area is 219 Å². The van der Waals surface area contributed by atoms with Crippen LogP contribution >= 0.6 is 22.7 Å². The van der Waals surface area contributed by atoms with E-state index in [1.165, 1.54) is 41.3 Å². The van der Waals surface area contributed by atoms with Gasteiger partial charge in [-0.15, -0.1) is 22.7 Å². The first-order chi connectivity index (χ1) is 17.5. The molecule has 0 spiro atoms. The fraction of sp³-hybridized carbons (Fsp3) is 0.161. The summed E-state index contributed by atoms with van der Waals surface area (Å²) in [6.45, 7) is 6.87. The van der Waals surface area contributed by atoms with Gasteiger partial charge in [-0.3, -0.25) is 0 Å². The van der Waals surface area contributed by atoms with E-state index in [-0.39, 0.29) is 0 Å². The lowest BCUT2D eigenvalue weighted by Crippen LogP contribution is -1.94. The zero-order valence-electron chi connectivity index (χ0n) is 20.5. The van der Waals surface area contributed by atoms with E-state index in [9.17, 15) is 0 Å². The molecule has 0 N–H and O–H groups in total. The fourth-order valence-corrected chi connectivity index (χ4v) is 6.90. The predicted octanol–water partition coefficient (Wildman–Crippen LogP) is 9.52. The molecule has 0 amide bonds. The molecule has 0 aliphatic rings. The van der Waals surface area contributed by atoms with Crippen LogP contribution in [-0.4, -0.2) is 4.57 Å². The predicted molar refractivity (Wildman–Crippen MR) is 155 cm³/mol. The van der Waals surface area contributed by atoms with Crippen LogP contribution in [0.1, 0.15) is 38.3 Å². The Morgan fingerprint density at radius 2 is 1.17 bits per heavy atom. The van der Waals surface area contributed by atoms with Gasteiger partial charge in [-0.25, -0.2) is 0 Å². The largest absolute Gasteiger partial charge is 0.339 e. The van der Waals surface area contributed by atoms with E-state index < -0.39 is 0 Å². The first-order valence-corrected chi connectivity index (χ1v) is 13.6. The molecule has 5 aromatic rings. The number of hydrogen-bond acceptors (Lipinski definition) is 4. The highest BCUT2D eigenvalue weighted by Gasteiger charge is 2.18. The zero-order chi connectivity index (χ0) is 25.2. The summed E-state index contributed by atoms with van der Waals surface area (Å²) in [5, 5.41) is 18.1. The maximum atomic E-state index is 9.04. The summed E-state index contributed by atoms with van der Waals surface area (Å²) in [5.41, 5.74) is 8.52. The standard InChI is InChI=1S/C31H25N3S2/c1-4-13-34-26-16-28(24-9-5-22(6-10-24)14-20(2)18-32)35-30(26)31-27(34)17-29(36-31)25-11-7-23(8-12-25)15-21(3)19-33/h5-12,14-17H,4,13H2,1-3H3. The molecule has 0 unspecified atom stereocenters. The second kappa shape index (κ2) is 9.99. The lowest BCUT2D eigenvalue weighted by atomic mass is 10.1. The summed E-state index contributed by atoms with van der Waals surface area (Å²) >= 11 is 3.71. The summed E-state index contributed by atoms with van der Waals surface area (Å²) in [4.78, 5) is 2.52. The molecule has 5 rings (SSSR count). The van der Waals surface area contributed by atoms with Crippen molar-refractivity contribution in [1.29, 1.82) is 10.5 Å². The van der Waals surface area contributed by atoms with Crippen molar-refractivity contribution in [3.8, 4) is 33.0 Å². The van der Waals surface area contributed by atoms with Crippen LogP contribution in [0.4, 0.5) is 0 Å². The Hall–Kier alpha value is -3.90. The Balaban J connectivity index is 1.55. The summed E-state index contributed by atoms with van der Waals surface area (Å²) in [6, 6.07) is 25.9. The molecule has 3 heterocycles. The number of thiophene rings is 2. The third kappa shape index (κ3) is 4.52. The van der Waals surface area contributed by atoms with Gasteiger partial charge in [-0.1, -0.05) is 55.5 Å². The van der Waals surface area contributed by atoms with Crippen molar-refractivity contribution in [1.82, 2.24) is 4.57 Å². The van der Waals surface area contributed by atoms with Gasteiger partial charge in [0.05, 0.1) is 32.6 Å². The number of aryl methyl sites for hydroxylation is 1. The van der Waals surface area contributed by atoms with Crippen molar-refractivity contribution in [3.05, 3.63) is 82.9 Å². The highest BCUT2D eigenvalue weighted by atomic mass is 32.1. The molecule has 0 fully saturated rings. The van der Waals surface area contributed by atoms with Crippen LogP contribution in [-0.2, 0) is 6.54 Å². The van der Waals surface area contributed by atoms with Crippen molar-refractivity contribution in [2.75, 3.05) is 0 Å². The van der Waals surface area contributed by atoms with Crippen LogP contribution in [0.3, 0.4) is 0 Å². The number of nitrogens with zero attached hydrogens (tertiary/aromatic N) is 3. The van der Waals surface area contributed by atoms with E-state index in [2.05, 4.69) is 84.3 Å². The molecule has 176 valence electrons. The monoisotopic (exact) mass is 503 g/mol. The molecule has 5 heteroatoms. The molecule has 0 aliphatic heterocycles. The molecular weight excluding hydrogens is 478 g/mol. The summed E-state index contributed by atoms with van der Waals surface area (Å²) in [6.07, 6.45) is 4.90. The van der Waals surface area contributed by atoms with Crippen molar-refractivity contribution in [3.63, 3.8) is 0 Å². The third-order valence-electron chi connectivity index (χ3n) is 6.17. The van der Waals surface area contributed by atoms with Gasteiger partial charge >= 0.3 is 0 Å². The molecule has 36 heavy (non-hydrogen) atoms. The normalized spacial score (nSPS) is 12.2. The van der Waals surface area contributed by atoms with E-state index in [4.69, 9.17) is 10.5 Å². The molecule has 0 radical (unpaired) electrons. The molecule has 3 aromatic heterocycles. The second-order valence-electron chi connectivity index (χ2n) is 8.92. The molecule has 2 aromatic carbocycles. The second-order valence-corrected chi connectivity index (χ2v) is 11.0. The topological polar surface area (TPSA) is 52.5 Å². The van der Waals surface area contributed by atoms with E-state index in [1.807, 2.05) is 48.7 Å². The number of hydrogen-bond donors (Lipinski definition) is 0. The average molecular weight is 504 g/mol. The Kier molecular flexibility index (Phi) is 6.61. The smallest absolute Gasteiger partial charge is 0.0944 e. The lowest BCUT2D eigenvalue weighted by Gasteiger charge is -2.03.